The van der Waals surface area contributed by atoms with Crippen molar-refractivity contribution in [1.82, 2.24) is 9.47 Å². The van der Waals surface area contributed by atoms with Gasteiger partial charge in [-0.25, -0.2) is 4.39 Å². The van der Waals surface area contributed by atoms with E-state index in [2.05, 4.69) is 22.8 Å². The number of carbonyl (C=O) groups is 1. The third-order valence-electron chi connectivity index (χ3n) is 7.43. The summed E-state index contributed by atoms with van der Waals surface area (Å²) in [5.41, 5.74) is 2.08. The largest absolute Gasteiger partial charge is 0.503 e. The fourth-order valence-corrected chi connectivity index (χ4v) is 6.03. The predicted octanol–water partition coefficient (Wildman–Crippen LogP) is 5.51. The molecule has 206 valence electrons. The number of pyridine rings is 1. The van der Waals surface area contributed by atoms with Gasteiger partial charge in [-0.05, 0) is 54.1 Å². The first-order valence-corrected chi connectivity index (χ1v) is 14.5. The van der Waals surface area contributed by atoms with Crippen LogP contribution in [-0.2, 0) is 22.7 Å². The molecule has 0 saturated carbocycles. The Hall–Kier alpha value is -3.43. The van der Waals surface area contributed by atoms with Crippen molar-refractivity contribution in [3.05, 3.63) is 69.6 Å². The lowest BCUT2D eigenvalue weighted by Crippen LogP contribution is -2.47. The maximum atomic E-state index is 14.2. The Morgan fingerprint density at radius 1 is 1.08 bits per heavy atom. The number of hydrogen-bond donors (Lipinski definition) is 1. The number of aromatic nitrogens is 1. The zero-order chi connectivity index (χ0) is 27.4. The quantitative estimate of drug-likeness (QED) is 0.207. The van der Waals surface area contributed by atoms with Crippen LogP contribution in [0.25, 0.3) is 21.0 Å². The minimum atomic E-state index is -0.575. The van der Waals surface area contributed by atoms with Crippen molar-refractivity contribution in [3.8, 4) is 5.75 Å². The minimum Gasteiger partial charge on any atom is -0.503 e. The number of unbranched alkanes of at least 4 members (excludes halogenated alkanes) is 2. The zero-order valence-electron chi connectivity index (χ0n) is 22.2. The van der Waals surface area contributed by atoms with Gasteiger partial charge in [0, 0.05) is 60.3 Å². The molecule has 1 N–H and O–H groups in total. The molecule has 0 radical (unpaired) electrons. The van der Waals surface area contributed by atoms with Crippen LogP contribution in [0.4, 0.5) is 10.1 Å². The molecule has 2 aromatic heterocycles. The van der Waals surface area contributed by atoms with Gasteiger partial charge in [0.1, 0.15) is 5.82 Å². The lowest BCUT2D eigenvalue weighted by Gasteiger charge is -2.36. The first-order chi connectivity index (χ1) is 18.9. The maximum absolute atomic E-state index is 14.2. The van der Waals surface area contributed by atoms with E-state index in [1.54, 1.807) is 23.5 Å². The number of fused-ring (bicyclic) bond motifs is 2. The zero-order valence-corrected chi connectivity index (χ0v) is 23.0. The summed E-state index contributed by atoms with van der Waals surface area (Å²) < 4.78 is 21.8. The number of hydrogen-bond acceptors (Lipinski definition) is 7. The molecule has 0 atom stereocenters. The summed E-state index contributed by atoms with van der Waals surface area (Å²) in [5.74, 6) is -0.912. The van der Waals surface area contributed by atoms with Crippen LogP contribution >= 0.6 is 11.3 Å². The number of rotatable bonds is 10. The van der Waals surface area contributed by atoms with E-state index in [1.165, 1.54) is 10.6 Å². The summed E-state index contributed by atoms with van der Waals surface area (Å²) in [6.07, 6.45) is 3.82. The van der Waals surface area contributed by atoms with Gasteiger partial charge >= 0.3 is 5.97 Å². The number of halogens is 1. The average Bonchev–Trinajstić information content (AvgIpc) is 3.41. The van der Waals surface area contributed by atoms with Gasteiger partial charge in [-0.2, -0.15) is 0 Å². The second-order valence-corrected chi connectivity index (χ2v) is 11.0. The molecule has 1 fully saturated rings. The third-order valence-corrected chi connectivity index (χ3v) is 8.29. The Labute approximate surface area is 231 Å². The van der Waals surface area contributed by atoms with Crippen LogP contribution in [0.2, 0.25) is 0 Å². The number of aromatic hydroxyl groups is 1. The SMILES string of the molecule is CCCCCC(=O)OCn1c(=O)c(O)cc2ccc(CCN3CCN(c4cc(F)cc5sccc45)CC3)cc21. The van der Waals surface area contributed by atoms with Crippen LogP contribution in [0.5, 0.6) is 5.75 Å². The van der Waals surface area contributed by atoms with E-state index in [-0.39, 0.29) is 24.3 Å². The first kappa shape index (κ1) is 27.1. The molecule has 3 heterocycles. The van der Waals surface area contributed by atoms with Gasteiger partial charge in [0.15, 0.2) is 12.5 Å². The number of benzene rings is 2. The summed E-state index contributed by atoms with van der Waals surface area (Å²) in [5, 5.41) is 14.0. The fraction of sp³-hybridized carbons (Fsp3) is 0.400. The smallest absolute Gasteiger partial charge is 0.307 e. The van der Waals surface area contributed by atoms with E-state index in [4.69, 9.17) is 4.74 Å². The Balaban J connectivity index is 1.23. The van der Waals surface area contributed by atoms with Crippen molar-refractivity contribution in [1.29, 1.82) is 0 Å². The second kappa shape index (κ2) is 12.2. The molecule has 1 saturated heterocycles. The third kappa shape index (κ3) is 6.25. The normalized spacial score (nSPS) is 14.4. The highest BCUT2D eigenvalue weighted by Gasteiger charge is 2.20. The van der Waals surface area contributed by atoms with Gasteiger partial charge in [-0.3, -0.25) is 19.1 Å². The van der Waals surface area contributed by atoms with Crippen LogP contribution < -0.4 is 10.5 Å². The van der Waals surface area contributed by atoms with Crippen molar-refractivity contribution in [2.45, 2.75) is 45.8 Å². The second-order valence-electron chi connectivity index (χ2n) is 10.1. The van der Waals surface area contributed by atoms with Gasteiger partial charge in [0.05, 0.1) is 5.52 Å². The molecule has 1 aliphatic rings. The van der Waals surface area contributed by atoms with Crippen LogP contribution in [0.15, 0.2) is 52.6 Å². The summed E-state index contributed by atoms with van der Waals surface area (Å²) in [7, 11) is 0. The number of piperazine rings is 1. The average molecular weight is 552 g/mol. The van der Waals surface area contributed by atoms with Gasteiger partial charge in [-0.1, -0.05) is 31.9 Å². The molecule has 0 amide bonds. The number of esters is 1. The molecule has 0 spiro atoms. The Morgan fingerprint density at radius 3 is 2.69 bits per heavy atom. The molecule has 1 aliphatic heterocycles. The van der Waals surface area contributed by atoms with E-state index in [9.17, 15) is 19.1 Å². The first-order valence-electron chi connectivity index (χ1n) is 13.6. The highest BCUT2D eigenvalue weighted by Crippen LogP contribution is 2.32. The van der Waals surface area contributed by atoms with Crippen LogP contribution in [0.1, 0.15) is 38.2 Å². The molecule has 0 bridgehead atoms. The summed E-state index contributed by atoms with van der Waals surface area (Å²) in [6.45, 7) is 6.10. The minimum absolute atomic E-state index is 0.197. The number of nitrogens with zero attached hydrogens (tertiary/aromatic N) is 3. The summed E-state index contributed by atoms with van der Waals surface area (Å²) >= 11 is 1.56. The Morgan fingerprint density at radius 2 is 1.90 bits per heavy atom. The van der Waals surface area contributed by atoms with Gasteiger partial charge in [0.2, 0.25) is 0 Å². The topological polar surface area (TPSA) is 75.0 Å². The van der Waals surface area contributed by atoms with Crippen LogP contribution in [-0.4, -0.2) is 53.3 Å². The van der Waals surface area contributed by atoms with Crippen LogP contribution in [0, 0.1) is 5.82 Å². The monoisotopic (exact) mass is 551 g/mol. The Kier molecular flexibility index (Phi) is 8.47. The van der Waals surface area contributed by atoms with Gasteiger partial charge < -0.3 is 14.7 Å². The van der Waals surface area contributed by atoms with Crippen LogP contribution in [0.3, 0.4) is 0 Å². The highest BCUT2D eigenvalue weighted by molar-refractivity contribution is 7.17. The van der Waals surface area contributed by atoms with Crippen molar-refractivity contribution in [2.24, 2.45) is 0 Å². The lowest BCUT2D eigenvalue weighted by atomic mass is 10.1. The van der Waals surface area contributed by atoms with E-state index in [0.29, 0.717) is 17.3 Å². The molecular formula is C30H34FN3O4S. The highest BCUT2D eigenvalue weighted by atomic mass is 32.1. The van der Waals surface area contributed by atoms with E-state index >= 15 is 0 Å². The number of ether oxygens (including phenoxy) is 1. The van der Waals surface area contributed by atoms with Crippen molar-refractivity contribution < 1.29 is 19.0 Å². The lowest BCUT2D eigenvalue weighted by molar-refractivity contribution is -0.147. The number of thiophene rings is 1. The maximum Gasteiger partial charge on any atom is 0.307 e. The van der Waals surface area contributed by atoms with E-state index < -0.39 is 5.56 Å². The molecule has 2 aromatic carbocycles. The van der Waals surface area contributed by atoms with E-state index in [0.717, 1.165) is 79.7 Å². The molecule has 5 rings (SSSR count). The van der Waals surface area contributed by atoms with Crippen molar-refractivity contribution >= 4 is 44.0 Å². The van der Waals surface area contributed by atoms with Gasteiger partial charge in [0.25, 0.3) is 5.56 Å². The fourth-order valence-electron chi connectivity index (χ4n) is 5.19. The molecule has 7 nitrogen and oxygen atoms in total. The molecule has 0 aliphatic carbocycles. The number of carbonyl (C=O) groups excluding carboxylic acids is 1. The molecule has 4 aromatic rings. The summed E-state index contributed by atoms with van der Waals surface area (Å²) in [6, 6.07) is 12.6. The van der Waals surface area contributed by atoms with Crippen molar-refractivity contribution in [3.63, 3.8) is 0 Å². The van der Waals surface area contributed by atoms with Crippen molar-refractivity contribution in [2.75, 3.05) is 37.6 Å². The molecule has 39 heavy (non-hydrogen) atoms. The molecular weight excluding hydrogens is 517 g/mol. The van der Waals surface area contributed by atoms with Gasteiger partial charge in [-0.15, -0.1) is 11.3 Å². The van der Waals surface area contributed by atoms with E-state index in [1.807, 2.05) is 23.6 Å². The number of anilines is 1. The summed E-state index contributed by atoms with van der Waals surface area (Å²) in [4.78, 5) is 29.5. The Bertz CT molecular complexity index is 1520. The molecule has 9 heteroatoms. The standard InChI is InChI=1S/C30H34FN3O4S/c1-2-3-4-5-29(36)38-20-34-25-16-21(6-7-22(25)17-27(35)30(34)37)8-10-32-11-13-33(14-12-32)26-18-23(31)19-28-24(26)9-15-39-28/h6-7,9,15-19,35H,2-5,8,10-14,20H2,1H3. The molecule has 0 unspecified atom stereocenters. The predicted molar refractivity (Wildman–Crippen MR) is 154 cm³/mol.